The van der Waals surface area contributed by atoms with E-state index in [0.717, 1.165) is 16.9 Å². The molecule has 20 heavy (non-hydrogen) atoms. The third-order valence-corrected chi connectivity index (χ3v) is 2.89. The highest BCUT2D eigenvalue weighted by Crippen LogP contribution is 2.21. The van der Waals surface area contributed by atoms with Gasteiger partial charge in [0.2, 0.25) is 5.88 Å². The number of nitrogens with zero attached hydrogens (tertiary/aromatic N) is 5. The van der Waals surface area contributed by atoms with E-state index in [1.54, 1.807) is 36.4 Å². The van der Waals surface area contributed by atoms with Crippen molar-refractivity contribution in [2.75, 3.05) is 7.11 Å². The molecule has 0 saturated carbocycles. The Morgan fingerprint density at radius 1 is 1.20 bits per heavy atom. The van der Waals surface area contributed by atoms with E-state index in [-0.39, 0.29) is 0 Å². The second-order valence-corrected chi connectivity index (χ2v) is 4.21. The lowest BCUT2D eigenvalue weighted by molar-refractivity contribution is 0.397. The molecule has 3 aromatic rings. The monoisotopic (exact) mass is 267 g/mol. The Kier molecular flexibility index (Phi) is 3.12. The summed E-state index contributed by atoms with van der Waals surface area (Å²) in [7, 11) is 1.58. The van der Waals surface area contributed by atoms with Gasteiger partial charge in [-0.05, 0) is 19.1 Å². The van der Waals surface area contributed by atoms with Crippen LogP contribution in [-0.2, 0) is 0 Å². The third kappa shape index (κ3) is 2.23. The van der Waals surface area contributed by atoms with Gasteiger partial charge in [0.1, 0.15) is 0 Å². The highest BCUT2D eigenvalue weighted by atomic mass is 16.5. The van der Waals surface area contributed by atoms with Crippen molar-refractivity contribution in [2.24, 2.45) is 0 Å². The van der Waals surface area contributed by atoms with E-state index in [0.29, 0.717) is 11.7 Å². The molecule has 0 aromatic carbocycles. The van der Waals surface area contributed by atoms with Crippen LogP contribution in [0.2, 0.25) is 0 Å². The summed E-state index contributed by atoms with van der Waals surface area (Å²) < 4.78 is 6.88. The van der Waals surface area contributed by atoms with Gasteiger partial charge in [0.15, 0.2) is 5.82 Å². The molecular weight excluding hydrogens is 254 g/mol. The fourth-order valence-corrected chi connectivity index (χ4v) is 1.89. The molecular formula is C14H13N5O. The molecule has 0 atom stereocenters. The maximum Gasteiger partial charge on any atom is 0.216 e. The molecule has 0 fully saturated rings. The minimum atomic E-state index is 0.531. The summed E-state index contributed by atoms with van der Waals surface area (Å²) >= 11 is 0. The average molecular weight is 267 g/mol. The van der Waals surface area contributed by atoms with Gasteiger partial charge in [-0.2, -0.15) is 10.1 Å². The molecule has 0 aliphatic heterocycles. The quantitative estimate of drug-likeness (QED) is 0.726. The Bertz CT molecular complexity index is 723. The average Bonchev–Trinajstić information content (AvgIpc) is 2.90. The zero-order chi connectivity index (χ0) is 13.9. The molecule has 100 valence electrons. The number of hydrogen-bond donors (Lipinski definition) is 0. The predicted molar refractivity (Wildman–Crippen MR) is 73.7 cm³/mol. The van der Waals surface area contributed by atoms with Gasteiger partial charge in [0.25, 0.3) is 0 Å². The van der Waals surface area contributed by atoms with Gasteiger partial charge in [-0.25, -0.2) is 9.67 Å². The van der Waals surface area contributed by atoms with Crippen molar-refractivity contribution in [3.8, 4) is 23.0 Å². The first-order chi connectivity index (χ1) is 9.78. The molecule has 0 aliphatic rings. The Balaban J connectivity index is 2.05. The lowest BCUT2D eigenvalue weighted by Gasteiger charge is -2.00. The van der Waals surface area contributed by atoms with Crippen LogP contribution in [0.15, 0.2) is 43.0 Å². The van der Waals surface area contributed by atoms with Crippen molar-refractivity contribution >= 4 is 0 Å². The molecule has 3 rings (SSSR count). The van der Waals surface area contributed by atoms with E-state index in [1.807, 2.05) is 25.3 Å². The minimum Gasteiger partial charge on any atom is -0.481 e. The lowest BCUT2D eigenvalue weighted by atomic mass is 10.2. The fraction of sp³-hybridized carbons (Fsp3) is 0.143. The van der Waals surface area contributed by atoms with Crippen LogP contribution in [0.5, 0.6) is 5.88 Å². The van der Waals surface area contributed by atoms with Crippen molar-refractivity contribution in [2.45, 2.75) is 6.92 Å². The van der Waals surface area contributed by atoms with E-state index in [1.165, 1.54) is 0 Å². The number of aryl methyl sites for hydroxylation is 1. The summed E-state index contributed by atoms with van der Waals surface area (Å²) in [5.41, 5.74) is 2.61. The summed E-state index contributed by atoms with van der Waals surface area (Å²) in [6, 6.07) is 5.52. The largest absolute Gasteiger partial charge is 0.481 e. The molecule has 0 amide bonds. The predicted octanol–water partition coefficient (Wildman–Crippen LogP) is 2.04. The second-order valence-electron chi connectivity index (χ2n) is 4.21. The smallest absolute Gasteiger partial charge is 0.216 e. The van der Waals surface area contributed by atoms with Crippen molar-refractivity contribution in [3.05, 3.63) is 48.7 Å². The summed E-state index contributed by atoms with van der Waals surface area (Å²) in [4.78, 5) is 12.7. The van der Waals surface area contributed by atoms with E-state index in [2.05, 4.69) is 20.1 Å². The van der Waals surface area contributed by atoms with Gasteiger partial charge in [-0.3, -0.25) is 4.98 Å². The summed E-state index contributed by atoms with van der Waals surface area (Å²) in [5.74, 6) is 1.13. The van der Waals surface area contributed by atoms with Crippen molar-refractivity contribution < 1.29 is 4.74 Å². The maximum atomic E-state index is 5.12. The summed E-state index contributed by atoms with van der Waals surface area (Å²) in [6.07, 6.45) is 7.04. The number of hydrogen-bond acceptors (Lipinski definition) is 5. The van der Waals surface area contributed by atoms with Crippen LogP contribution in [0.4, 0.5) is 0 Å². The van der Waals surface area contributed by atoms with Gasteiger partial charge < -0.3 is 4.74 Å². The third-order valence-electron chi connectivity index (χ3n) is 2.89. The topological polar surface area (TPSA) is 65.7 Å². The molecule has 0 spiro atoms. The Morgan fingerprint density at radius 3 is 2.85 bits per heavy atom. The number of methoxy groups -OCH3 is 1. The second kappa shape index (κ2) is 5.08. The molecule has 3 heterocycles. The van der Waals surface area contributed by atoms with Crippen LogP contribution >= 0.6 is 0 Å². The van der Waals surface area contributed by atoms with Gasteiger partial charge in [-0.15, -0.1) is 0 Å². The normalized spacial score (nSPS) is 10.5. The zero-order valence-electron chi connectivity index (χ0n) is 11.2. The number of pyridine rings is 1. The van der Waals surface area contributed by atoms with E-state index >= 15 is 0 Å². The van der Waals surface area contributed by atoms with Crippen LogP contribution in [0.25, 0.3) is 17.1 Å². The first-order valence-corrected chi connectivity index (χ1v) is 6.12. The first kappa shape index (κ1) is 12.3. The van der Waals surface area contributed by atoms with E-state index in [4.69, 9.17) is 4.74 Å². The first-order valence-electron chi connectivity index (χ1n) is 6.12. The van der Waals surface area contributed by atoms with E-state index < -0.39 is 0 Å². The van der Waals surface area contributed by atoms with Gasteiger partial charge in [0, 0.05) is 24.7 Å². The fourth-order valence-electron chi connectivity index (χ4n) is 1.89. The zero-order valence-corrected chi connectivity index (χ0v) is 11.2. The molecule has 0 unspecified atom stereocenters. The van der Waals surface area contributed by atoms with Crippen molar-refractivity contribution in [3.63, 3.8) is 0 Å². The van der Waals surface area contributed by atoms with Crippen LogP contribution in [0.1, 0.15) is 5.69 Å². The number of ether oxygens (including phenoxy) is 1. The standard InChI is InChI=1S/C14H13N5O/c1-10-12(14-16-7-5-13(17-14)20-2)9-19(18-10)11-4-3-6-15-8-11/h3-9H,1-2H3. The molecule has 0 N–H and O–H groups in total. The minimum absolute atomic E-state index is 0.531. The summed E-state index contributed by atoms with van der Waals surface area (Å²) in [5, 5.41) is 4.47. The van der Waals surface area contributed by atoms with Crippen molar-refractivity contribution in [1.29, 1.82) is 0 Å². The molecule has 3 aromatic heterocycles. The van der Waals surface area contributed by atoms with Crippen LogP contribution < -0.4 is 4.74 Å². The molecule has 0 bridgehead atoms. The molecule has 6 nitrogen and oxygen atoms in total. The van der Waals surface area contributed by atoms with Crippen LogP contribution in [0, 0.1) is 6.92 Å². The van der Waals surface area contributed by atoms with E-state index in [9.17, 15) is 0 Å². The Morgan fingerprint density at radius 2 is 2.10 bits per heavy atom. The van der Waals surface area contributed by atoms with Crippen molar-refractivity contribution in [1.82, 2.24) is 24.7 Å². The maximum absolute atomic E-state index is 5.12. The molecule has 0 aliphatic carbocycles. The molecule has 0 saturated heterocycles. The Labute approximate surface area is 116 Å². The number of aromatic nitrogens is 5. The Hall–Kier alpha value is -2.76. The van der Waals surface area contributed by atoms with Crippen LogP contribution in [-0.4, -0.2) is 31.8 Å². The van der Waals surface area contributed by atoms with Crippen LogP contribution in [0.3, 0.4) is 0 Å². The highest BCUT2D eigenvalue weighted by Gasteiger charge is 2.11. The summed E-state index contributed by atoms with van der Waals surface area (Å²) in [6.45, 7) is 1.92. The molecule has 6 heteroatoms. The molecule has 0 radical (unpaired) electrons. The SMILES string of the molecule is COc1ccnc(-c2cn(-c3cccnc3)nc2C)n1. The lowest BCUT2D eigenvalue weighted by Crippen LogP contribution is -1.94. The highest BCUT2D eigenvalue weighted by molar-refractivity contribution is 5.58. The van der Waals surface area contributed by atoms with Gasteiger partial charge in [-0.1, -0.05) is 0 Å². The number of rotatable bonds is 3. The van der Waals surface area contributed by atoms with Gasteiger partial charge in [0.05, 0.1) is 30.3 Å². The van der Waals surface area contributed by atoms with Gasteiger partial charge >= 0.3 is 0 Å².